The lowest BCUT2D eigenvalue weighted by Gasteiger charge is -2.09. The summed E-state index contributed by atoms with van der Waals surface area (Å²) in [7, 11) is 1.63. The Kier molecular flexibility index (Phi) is 4.96. The van der Waals surface area contributed by atoms with Crippen molar-refractivity contribution < 1.29 is 18.7 Å². The number of hydrogen-bond donors (Lipinski definition) is 0. The van der Waals surface area contributed by atoms with Crippen LogP contribution in [0.4, 0.5) is 0 Å². The summed E-state index contributed by atoms with van der Waals surface area (Å²) in [4.78, 5) is 4.18. The fraction of sp³-hybridized carbons (Fsp3) is 0.222. The van der Waals surface area contributed by atoms with Crippen molar-refractivity contribution in [3.05, 3.63) is 54.4 Å². The maximum Gasteiger partial charge on any atom is 0.223 e. The zero-order valence-corrected chi connectivity index (χ0v) is 13.6. The van der Waals surface area contributed by atoms with E-state index in [1.165, 1.54) is 0 Å². The summed E-state index contributed by atoms with van der Waals surface area (Å²) in [5, 5.41) is 3.88. The minimum absolute atomic E-state index is 0.451. The van der Waals surface area contributed by atoms with Crippen molar-refractivity contribution in [2.45, 2.75) is 6.92 Å². The zero-order chi connectivity index (χ0) is 16.8. The van der Waals surface area contributed by atoms with Crippen LogP contribution in [0.2, 0.25) is 0 Å². The van der Waals surface area contributed by atoms with Crippen LogP contribution in [0.3, 0.4) is 0 Å². The summed E-state index contributed by atoms with van der Waals surface area (Å²) in [5.74, 6) is 3.46. The molecule has 24 heavy (non-hydrogen) atoms. The third-order valence-electron chi connectivity index (χ3n) is 3.32. The van der Waals surface area contributed by atoms with Crippen molar-refractivity contribution in [2.75, 3.05) is 20.3 Å². The number of aromatic nitrogens is 2. The maximum absolute atomic E-state index is 5.65. The maximum atomic E-state index is 5.65. The minimum atomic E-state index is 0.451. The van der Waals surface area contributed by atoms with Gasteiger partial charge < -0.3 is 18.7 Å². The molecule has 0 fully saturated rings. The van der Waals surface area contributed by atoms with Gasteiger partial charge in [0.05, 0.1) is 7.11 Å². The molecule has 0 saturated carbocycles. The number of hydrogen-bond acceptors (Lipinski definition) is 6. The Morgan fingerprint density at radius 2 is 1.38 bits per heavy atom. The van der Waals surface area contributed by atoms with E-state index in [4.69, 9.17) is 18.7 Å². The second kappa shape index (κ2) is 7.50. The van der Waals surface area contributed by atoms with Crippen molar-refractivity contribution in [2.24, 2.45) is 0 Å². The summed E-state index contributed by atoms with van der Waals surface area (Å²) in [6.07, 6.45) is 0. The third-order valence-corrected chi connectivity index (χ3v) is 3.32. The highest BCUT2D eigenvalue weighted by Crippen LogP contribution is 2.20. The second-order valence-corrected chi connectivity index (χ2v) is 5.03. The molecule has 1 heterocycles. The number of ether oxygens (including phenoxy) is 3. The first-order chi connectivity index (χ1) is 11.7. The summed E-state index contributed by atoms with van der Waals surface area (Å²) >= 11 is 0. The molecule has 0 radical (unpaired) electrons. The predicted octanol–water partition coefficient (Wildman–Crippen LogP) is 3.51. The van der Waals surface area contributed by atoms with E-state index in [1.54, 1.807) is 14.0 Å². The molecule has 0 unspecified atom stereocenters. The molecule has 2 aromatic carbocycles. The largest absolute Gasteiger partial charge is 0.497 e. The van der Waals surface area contributed by atoms with Crippen molar-refractivity contribution in [1.29, 1.82) is 0 Å². The monoisotopic (exact) mass is 326 g/mol. The molecule has 0 N–H and O–H groups in total. The Labute approximate surface area is 140 Å². The summed E-state index contributed by atoms with van der Waals surface area (Å²) in [5.41, 5.74) is 0.883. The van der Waals surface area contributed by atoms with Gasteiger partial charge in [-0.25, -0.2) is 0 Å². The molecule has 3 rings (SSSR count). The quantitative estimate of drug-likeness (QED) is 0.619. The number of methoxy groups -OCH3 is 1. The highest BCUT2D eigenvalue weighted by molar-refractivity contribution is 5.55. The fourth-order valence-electron chi connectivity index (χ4n) is 2.11. The number of nitrogens with zero attached hydrogens (tertiary/aromatic N) is 2. The lowest BCUT2D eigenvalue weighted by Crippen LogP contribution is -2.08. The van der Waals surface area contributed by atoms with E-state index >= 15 is 0 Å². The molecule has 0 atom stereocenters. The molecule has 6 heteroatoms. The summed E-state index contributed by atoms with van der Waals surface area (Å²) in [6.45, 7) is 2.67. The van der Waals surface area contributed by atoms with Gasteiger partial charge in [0.25, 0.3) is 0 Å². The Hall–Kier alpha value is -3.02. The number of benzene rings is 2. The molecule has 0 aliphatic rings. The molecule has 0 aliphatic carbocycles. The average molecular weight is 326 g/mol. The van der Waals surface area contributed by atoms with E-state index in [0.717, 1.165) is 22.8 Å². The van der Waals surface area contributed by atoms with Gasteiger partial charge in [0.1, 0.15) is 30.5 Å². The number of aryl methyl sites for hydroxylation is 1. The van der Waals surface area contributed by atoms with Gasteiger partial charge in [-0.3, -0.25) is 0 Å². The average Bonchev–Trinajstić information content (AvgIpc) is 3.06. The Balaban J connectivity index is 1.46. The van der Waals surface area contributed by atoms with Gasteiger partial charge in [-0.1, -0.05) is 5.16 Å². The third kappa shape index (κ3) is 4.04. The molecule has 3 aromatic rings. The smallest absolute Gasteiger partial charge is 0.223 e. The van der Waals surface area contributed by atoms with Gasteiger partial charge in [-0.15, -0.1) is 0 Å². The molecular weight excluding hydrogens is 308 g/mol. The summed E-state index contributed by atoms with van der Waals surface area (Å²) < 4.78 is 21.3. The standard InChI is InChI=1S/C18H18N2O4/c1-13-19-18(20-24-13)14-3-5-16(6-4-14)22-11-12-23-17-9-7-15(21-2)8-10-17/h3-10H,11-12H2,1-2H3. The van der Waals surface area contributed by atoms with Gasteiger partial charge in [0.2, 0.25) is 11.7 Å². The van der Waals surface area contributed by atoms with Crippen LogP contribution in [0.25, 0.3) is 11.4 Å². The normalized spacial score (nSPS) is 10.4. The van der Waals surface area contributed by atoms with Gasteiger partial charge in [0.15, 0.2) is 0 Å². The van der Waals surface area contributed by atoms with Crippen molar-refractivity contribution in [1.82, 2.24) is 10.1 Å². The first kappa shape index (κ1) is 15.9. The molecule has 6 nitrogen and oxygen atoms in total. The SMILES string of the molecule is COc1ccc(OCCOc2ccc(-c3noc(C)n3)cc2)cc1. The molecule has 1 aromatic heterocycles. The van der Waals surface area contributed by atoms with E-state index in [2.05, 4.69) is 10.1 Å². The van der Waals surface area contributed by atoms with Crippen LogP contribution in [0.5, 0.6) is 17.2 Å². The van der Waals surface area contributed by atoms with E-state index in [0.29, 0.717) is 24.9 Å². The van der Waals surface area contributed by atoms with Crippen molar-refractivity contribution in [3.8, 4) is 28.6 Å². The van der Waals surface area contributed by atoms with Gasteiger partial charge >= 0.3 is 0 Å². The van der Waals surface area contributed by atoms with E-state index in [1.807, 2.05) is 48.5 Å². The molecule has 0 bridgehead atoms. The zero-order valence-electron chi connectivity index (χ0n) is 13.6. The molecule has 0 amide bonds. The topological polar surface area (TPSA) is 66.6 Å². The summed E-state index contributed by atoms with van der Waals surface area (Å²) in [6, 6.07) is 15.0. The lowest BCUT2D eigenvalue weighted by molar-refractivity contribution is 0.217. The first-order valence-electron chi connectivity index (χ1n) is 7.55. The highest BCUT2D eigenvalue weighted by atomic mass is 16.5. The minimum Gasteiger partial charge on any atom is -0.497 e. The fourth-order valence-corrected chi connectivity index (χ4v) is 2.11. The van der Waals surface area contributed by atoms with Crippen molar-refractivity contribution >= 4 is 0 Å². The number of rotatable bonds is 7. The van der Waals surface area contributed by atoms with Crippen LogP contribution in [0.1, 0.15) is 5.89 Å². The Morgan fingerprint density at radius 3 is 1.88 bits per heavy atom. The van der Waals surface area contributed by atoms with Gasteiger partial charge in [-0.2, -0.15) is 4.98 Å². The van der Waals surface area contributed by atoms with Crippen LogP contribution in [-0.2, 0) is 0 Å². The Bertz CT molecular complexity index is 766. The molecule has 0 saturated heterocycles. The molecule has 124 valence electrons. The molecule has 0 aliphatic heterocycles. The molecular formula is C18H18N2O4. The second-order valence-electron chi connectivity index (χ2n) is 5.03. The van der Waals surface area contributed by atoms with Gasteiger partial charge in [0, 0.05) is 12.5 Å². The van der Waals surface area contributed by atoms with E-state index in [-0.39, 0.29) is 0 Å². The van der Waals surface area contributed by atoms with Crippen LogP contribution in [-0.4, -0.2) is 30.5 Å². The van der Waals surface area contributed by atoms with Crippen LogP contribution < -0.4 is 14.2 Å². The van der Waals surface area contributed by atoms with E-state index in [9.17, 15) is 0 Å². The highest BCUT2D eigenvalue weighted by Gasteiger charge is 2.05. The van der Waals surface area contributed by atoms with Crippen LogP contribution >= 0.6 is 0 Å². The first-order valence-corrected chi connectivity index (χ1v) is 7.55. The van der Waals surface area contributed by atoms with Crippen LogP contribution in [0.15, 0.2) is 53.1 Å². The van der Waals surface area contributed by atoms with Crippen LogP contribution in [0, 0.1) is 6.92 Å². The molecule has 0 spiro atoms. The Morgan fingerprint density at radius 1 is 0.833 bits per heavy atom. The predicted molar refractivity (Wildman–Crippen MR) is 88.5 cm³/mol. The van der Waals surface area contributed by atoms with Gasteiger partial charge in [-0.05, 0) is 48.5 Å². The van der Waals surface area contributed by atoms with Crippen molar-refractivity contribution in [3.63, 3.8) is 0 Å². The van der Waals surface area contributed by atoms with E-state index < -0.39 is 0 Å². The lowest BCUT2D eigenvalue weighted by atomic mass is 10.2.